The SMILES string of the molecule is N#CC1(NC(=O)c2cccc(OCc3cscn3)c2)CCCCC1. The van der Waals surface area contributed by atoms with E-state index in [2.05, 4.69) is 16.4 Å². The summed E-state index contributed by atoms with van der Waals surface area (Å²) in [5.41, 5.74) is 2.40. The molecule has 1 aliphatic carbocycles. The second-order valence-electron chi connectivity index (χ2n) is 6.00. The number of hydrogen-bond donors (Lipinski definition) is 1. The van der Waals surface area contributed by atoms with Gasteiger partial charge in [0, 0.05) is 10.9 Å². The van der Waals surface area contributed by atoms with E-state index in [0.29, 0.717) is 17.9 Å². The number of nitriles is 1. The Hall–Kier alpha value is -2.39. The fourth-order valence-electron chi connectivity index (χ4n) is 2.90. The molecule has 1 N–H and O–H groups in total. The van der Waals surface area contributed by atoms with Gasteiger partial charge in [-0.25, -0.2) is 4.98 Å². The summed E-state index contributed by atoms with van der Waals surface area (Å²) in [6.07, 6.45) is 4.51. The van der Waals surface area contributed by atoms with Gasteiger partial charge in [-0.15, -0.1) is 11.3 Å². The van der Waals surface area contributed by atoms with E-state index >= 15 is 0 Å². The number of aromatic nitrogens is 1. The highest BCUT2D eigenvalue weighted by Gasteiger charge is 2.33. The van der Waals surface area contributed by atoms with Gasteiger partial charge in [0.05, 0.1) is 17.3 Å². The lowest BCUT2D eigenvalue weighted by molar-refractivity contribution is 0.0902. The zero-order chi connectivity index (χ0) is 16.8. The lowest BCUT2D eigenvalue weighted by atomic mass is 9.82. The van der Waals surface area contributed by atoms with Crippen molar-refractivity contribution in [3.63, 3.8) is 0 Å². The van der Waals surface area contributed by atoms with Gasteiger partial charge in [0.1, 0.15) is 17.9 Å². The first-order valence-electron chi connectivity index (χ1n) is 8.04. The molecule has 24 heavy (non-hydrogen) atoms. The number of amides is 1. The highest BCUT2D eigenvalue weighted by molar-refractivity contribution is 7.07. The lowest BCUT2D eigenvalue weighted by Crippen LogP contribution is -2.48. The first-order valence-corrected chi connectivity index (χ1v) is 8.99. The predicted molar refractivity (Wildman–Crippen MR) is 91.8 cm³/mol. The van der Waals surface area contributed by atoms with Gasteiger partial charge >= 0.3 is 0 Å². The molecule has 3 rings (SSSR count). The Morgan fingerprint density at radius 2 is 2.21 bits per heavy atom. The number of rotatable bonds is 5. The first-order chi connectivity index (χ1) is 11.7. The van der Waals surface area contributed by atoms with Gasteiger partial charge < -0.3 is 10.1 Å². The van der Waals surface area contributed by atoms with E-state index in [-0.39, 0.29) is 5.91 Å². The zero-order valence-electron chi connectivity index (χ0n) is 13.3. The molecule has 124 valence electrons. The van der Waals surface area contributed by atoms with Crippen LogP contribution < -0.4 is 10.1 Å². The van der Waals surface area contributed by atoms with Gasteiger partial charge in [0.2, 0.25) is 0 Å². The maximum absolute atomic E-state index is 12.5. The summed E-state index contributed by atoms with van der Waals surface area (Å²) in [5, 5.41) is 14.3. The second kappa shape index (κ2) is 7.45. The van der Waals surface area contributed by atoms with Crippen molar-refractivity contribution in [2.45, 2.75) is 44.2 Å². The molecule has 1 saturated carbocycles. The molecule has 1 aromatic heterocycles. The van der Waals surface area contributed by atoms with Crippen LogP contribution in [0, 0.1) is 11.3 Å². The van der Waals surface area contributed by atoms with Crippen LogP contribution in [-0.4, -0.2) is 16.4 Å². The van der Waals surface area contributed by atoms with Crippen molar-refractivity contribution in [2.75, 3.05) is 0 Å². The molecule has 0 bridgehead atoms. The summed E-state index contributed by atoms with van der Waals surface area (Å²) in [7, 11) is 0. The van der Waals surface area contributed by atoms with Crippen molar-refractivity contribution in [2.24, 2.45) is 0 Å². The third-order valence-corrected chi connectivity index (χ3v) is 4.88. The van der Waals surface area contributed by atoms with Crippen LogP contribution in [0.1, 0.15) is 48.2 Å². The van der Waals surface area contributed by atoms with E-state index in [1.807, 2.05) is 11.4 Å². The molecule has 1 amide bonds. The molecular weight excluding hydrogens is 322 g/mol. The van der Waals surface area contributed by atoms with Gasteiger partial charge in [0.25, 0.3) is 5.91 Å². The van der Waals surface area contributed by atoms with E-state index in [1.54, 1.807) is 23.7 Å². The van der Waals surface area contributed by atoms with Gasteiger partial charge in [-0.3, -0.25) is 4.79 Å². The van der Waals surface area contributed by atoms with Gasteiger partial charge in [-0.2, -0.15) is 5.26 Å². The summed E-state index contributed by atoms with van der Waals surface area (Å²) < 4.78 is 5.68. The van der Waals surface area contributed by atoms with E-state index in [4.69, 9.17) is 4.74 Å². The van der Waals surface area contributed by atoms with Crippen molar-refractivity contribution < 1.29 is 9.53 Å². The average molecular weight is 341 g/mol. The minimum absolute atomic E-state index is 0.224. The van der Waals surface area contributed by atoms with Crippen LogP contribution in [0.15, 0.2) is 35.2 Å². The number of nitrogens with zero attached hydrogens (tertiary/aromatic N) is 2. The molecule has 1 aromatic carbocycles. The summed E-state index contributed by atoms with van der Waals surface area (Å²) in [4.78, 5) is 16.7. The Labute approximate surface area is 145 Å². The maximum Gasteiger partial charge on any atom is 0.252 e. The molecule has 0 spiro atoms. The minimum atomic E-state index is -0.729. The Morgan fingerprint density at radius 3 is 2.92 bits per heavy atom. The summed E-state index contributed by atoms with van der Waals surface area (Å²) >= 11 is 1.52. The zero-order valence-corrected chi connectivity index (χ0v) is 14.1. The Balaban J connectivity index is 1.66. The number of hydrogen-bond acceptors (Lipinski definition) is 5. The smallest absolute Gasteiger partial charge is 0.252 e. The molecule has 0 radical (unpaired) electrons. The molecule has 2 aromatic rings. The molecule has 0 aliphatic heterocycles. The Bertz CT molecular complexity index is 731. The summed E-state index contributed by atoms with van der Waals surface area (Å²) in [5.74, 6) is 0.392. The van der Waals surface area contributed by atoms with Crippen LogP contribution >= 0.6 is 11.3 Å². The van der Waals surface area contributed by atoms with Crippen LogP contribution in [-0.2, 0) is 6.61 Å². The molecule has 1 fully saturated rings. The molecule has 0 saturated heterocycles. The topological polar surface area (TPSA) is 75.0 Å². The fourth-order valence-corrected chi connectivity index (χ4v) is 3.45. The molecule has 1 aliphatic rings. The number of carbonyl (C=O) groups excluding carboxylic acids is 1. The molecule has 0 unspecified atom stereocenters. The van der Waals surface area contributed by atoms with Crippen LogP contribution in [0.3, 0.4) is 0 Å². The monoisotopic (exact) mass is 341 g/mol. The van der Waals surface area contributed by atoms with E-state index in [1.165, 1.54) is 11.3 Å². The number of nitrogens with one attached hydrogen (secondary N) is 1. The van der Waals surface area contributed by atoms with E-state index in [0.717, 1.165) is 37.8 Å². The molecule has 0 atom stereocenters. The van der Waals surface area contributed by atoms with Crippen LogP contribution in [0.2, 0.25) is 0 Å². The quantitative estimate of drug-likeness (QED) is 0.900. The maximum atomic E-state index is 12.5. The van der Waals surface area contributed by atoms with Crippen LogP contribution in [0.4, 0.5) is 0 Å². The van der Waals surface area contributed by atoms with Crippen molar-refractivity contribution >= 4 is 17.2 Å². The standard InChI is InChI=1S/C18H19N3O2S/c19-12-18(7-2-1-3-8-18)21-17(22)14-5-4-6-16(9-14)23-10-15-11-24-13-20-15/h4-6,9,11,13H,1-3,7-8,10H2,(H,21,22). The highest BCUT2D eigenvalue weighted by Crippen LogP contribution is 2.28. The van der Waals surface area contributed by atoms with E-state index < -0.39 is 5.54 Å². The Morgan fingerprint density at radius 1 is 1.38 bits per heavy atom. The largest absolute Gasteiger partial charge is 0.487 e. The van der Waals surface area contributed by atoms with Crippen molar-refractivity contribution in [3.8, 4) is 11.8 Å². The molecular formula is C18H19N3O2S. The molecule has 5 nitrogen and oxygen atoms in total. The number of carbonyl (C=O) groups is 1. The van der Waals surface area contributed by atoms with Crippen molar-refractivity contribution in [1.82, 2.24) is 10.3 Å². The molecule has 1 heterocycles. The number of ether oxygens (including phenoxy) is 1. The first kappa shape index (κ1) is 16.5. The third-order valence-electron chi connectivity index (χ3n) is 4.24. The van der Waals surface area contributed by atoms with Crippen LogP contribution in [0.5, 0.6) is 5.75 Å². The third kappa shape index (κ3) is 3.92. The van der Waals surface area contributed by atoms with Gasteiger partial charge in [-0.05, 0) is 31.0 Å². The lowest BCUT2D eigenvalue weighted by Gasteiger charge is -2.31. The predicted octanol–water partition coefficient (Wildman–Crippen LogP) is 3.68. The Kier molecular flexibility index (Phi) is 5.11. The minimum Gasteiger partial charge on any atom is -0.487 e. The normalized spacial score (nSPS) is 16.1. The van der Waals surface area contributed by atoms with Crippen molar-refractivity contribution in [3.05, 3.63) is 46.4 Å². The second-order valence-corrected chi connectivity index (χ2v) is 6.72. The molecule has 6 heteroatoms. The van der Waals surface area contributed by atoms with Gasteiger partial charge in [-0.1, -0.05) is 25.3 Å². The summed E-state index contributed by atoms with van der Waals surface area (Å²) in [6.45, 7) is 0.372. The number of benzene rings is 1. The average Bonchev–Trinajstić information content (AvgIpc) is 3.14. The van der Waals surface area contributed by atoms with Crippen molar-refractivity contribution in [1.29, 1.82) is 5.26 Å². The highest BCUT2D eigenvalue weighted by atomic mass is 32.1. The van der Waals surface area contributed by atoms with E-state index in [9.17, 15) is 10.1 Å². The number of thiazole rings is 1. The summed E-state index contributed by atoms with van der Waals surface area (Å²) in [6, 6.07) is 9.34. The van der Waals surface area contributed by atoms with Crippen LogP contribution in [0.25, 0.3) is 0 Å². The fraction of sp³-hybridized carbons (Fsp3) is 0.389. The van der Waals surface area contributed by atoms with Gasteiger partial charge in [0.15, 0.2) is 0 Å².